The van der Waals surface area contributed by atoms with Gasteiger partial charge >= 0.3 is 0 Å². The topological polar surface area (TPSA) is 24.5 Å². The fraction of sp³-hybridized carbons (Fsp3) is 1.00. The third-order valence-corrected chi connectivity index (χ3v) is 6.00. The van der Waals surface area contributed by atoms with Gasteiger partial charge in [0.25, 0.3) is 0 Å². The molecule has 0 bridgehead atoms. The Morgan fingerprint density at radius 2 is 1.95 bits per heavy atom. The molecule has 122 valence electrons. The molecule has 3 aliphatic rings. The highest BCUT2D eigenvalue weighted by molar-refractivity contribution is 4.91. The maximum atomic E-state index is 5.69. The van der Waals surface area contributed by atoms with Crippen LogP contribution in [0.15, 0.2) is 0 Å². The minimum Gasteiger partial charge on any atom is -0.381 e. The highest BCUT2D eigenvalue weighted by atomic mass is 16.5. The van der Waals surface area contributed by atoms with Gasteiger partial charge in [-0.15, -0.1) is 0 Å². The number of piperazine rings is 1. The lowest BCUT2D eigenvalue weighted by Gasteiger charge is -2.45. The first-order valence-electron chi connectivity index (χ1n) is 9.42. The molecule has 3 nitrogen and oxygen atoms in total. The second-order valence-corrected chi connectivity index (χ2v) is 7.51. The Balaban J connectivity index is 1.55. The number of ether oxygens (including phenoxy) is 1. The molecule has 21 heavy (non-hydrogen) atoms. The maximum Gasteiger partial charge on any atom is 0.0506 e. The van der Waals surface area contributed by atoms with Crippen molar-refractivity contribution in [2.75, 3.05) is 32.8 Å². The van der Waals surface area contributed by atoms with Crippen molar-refractivity contribution in [3.8, 4) is 0 Å². The van der Waals surface area contributed by atoms with E-state index in [1.165, 1.54) is 71.0 Å². The maximum absolute atomic E-state index is 5.69. The van der Waals surface area contributed by atoms with E-state index in [4.69, 9.17) is 4.74 Å². The van der Waals surface area contributed by atoms with Gasteiger partial charge in [-0.25, -0.2) is 0 Å². The molecule has 3 fully saturated rings. The van der Waals surface area contributed by atoms with Crippen LogP contribution in [0.3, 0.4) is 0 Å². The summed E-state index contributed by atoms with van der Waals surface area (Å²) < 4.78 is 5.69. The second-order valence-electron chi connectivity index (χ2n) is 7.51. The quantitative estimate of drug-likeness (QED) is 0.862. The lowest BCUT2D eigenvalue weighted by Crippen LogP contribution is -2.59. The number of rotatable bonds is 4. The Labute approximate surface area is 130 Å². The predicted molar refractivity (Wildman–Crippen MR) is 87.6 cm³/mol. The van der Waals surface area contributed by atoms with Crippen LogP contribution in [0.25, 0.3) is 0 Å². The SMILES string of the molecule is CCC1CNC(C2CCCCC2)CN1CC1CCCOC1. The first-order valence-corrected chi connectivity index (χ1v) is 9.42. The highest BCUT2D eigenvalue weighted by Crippen LogP contribution is 2.29. The van der Waals surface area contributed by atoms with Crippen LogP contribution in [0.5, 0.6) is 0 Å². The molecule has 2 heterocycles. The summed E-state index contributed by atoms with van der Waals surface area (Å²) in [7, 11) is 0. The zero-order chi connectivity index (χ0) is 14.5. The zero-order valence-electron chi connectivity index (χ0n) is 13.9. The average molecular weight is 294 g/mol. The van der Waals surface area contributed by atoms with E-state index >= 15 is 0 Å². The molecule has 1 aliphatic carbocycles. The Hall–Kier alpha value is -0.120. The summed E-state index contributed by atoms with van der Waals surface area (Å²) in [6.07, 6.45) is 11.2. The molecule has 0 radical (unpaired) electrons. The van der Waals surface area contributed by atoms with E-state index in [1.54, 1.807) is 0 Å². The van der Waals surface area contributed by atoms with Crippen LogP contribution in [0, 0.1) is 11.8 Å². The predicted octanol–water partition coefficient (Wildman–Crippen LogP) is 3.05. The van der Waals surface area contributed by atoms with Crippen LogP contribution in [0.4, 0.5) is 0 Å². The Morgan fingerprint density at radius 3 is 2.67 bits per heavy atom. The van der Waals surface area contributed by atoms with Gasteiger partial charge in [-0.2, -0.15) is 0 Å². The molecule has 0 spiro atoms. The Bertz CT molecular complexity index is 298. The molecule has 3 rings (SSSR count). The smallest absolute Gasteiger partial charge is 0.0506 e. The second kappa shape index (κ2) is 7.94. The van der Waals surface area contributed by atoms with Crippen LogP contribution in [-0.2, 0) is 4.74 Å². The zero-order valence-corrected chi connectivity index (χ0v) is 13.9. The average Bonchev–Trinajstić information content (AvgIpc) is 2.56. The Morgan fingerprint density at radius 1 is 1.10 bits per heavy atom. The lowest BCUT2D eigenvalue weighted by molar-refractivity contribution is 0.0156. The molecule has 3 atom stereocenters. The first-order chi connectivity index (χ1) is 10.4. The molecule has 0 amide bonds. The number of nitrogens with one attached hydrogen (secondary N) is 1. The first kappa shape index (κ1) is 15.8. The van der Waals surface area contributed by atoms with Gasteiger partial charge in [0, 0.05) is 38.3 Å². The van der Waals surface area contributed by atoms with Gasteiger partial charge in [0.1, 0.15) is 0 Å². The van der Waals surface area contributed by atoms with Crippen LogP contribution in [-0.4, -0.2) is 49.8 Å². The van der Waals surface area contributed by atoms with Crippen molar-refractivity contribution in [3.05, 3.63) is 0 Å². The monoisotopic (exact) mass is 294 g/mol. The van der Waals surface area contributed by atoms with Gasteiger partial charge < -0.3 is 10.1 Å². The Kier molecular flexibility index (Phi) is 5.96. The summed E-state index contributed by atoms with van der Waals surface area (Å²) in [4.78, 5) is 2.80. The van der Waals surface area contributed by atoms with E-state index < -0.39 is 0 Å². The number of hydrogen-bond donors (Lipinski definition) is 1. The molecule has 3 unspecified atom stereocenters. The van der Waals surface area contributed by atoms with Crippen LogP contribution in [0.1, 0.15) is 58.3 Å². The molecule has 3 heteroatoms. The van der Waals surface area contributed by atoms with Crippen molar-refractivity contribution < 1.29 is 4.74 Å². The minimum atomic E-state index is 0.742. The van der Waals surface area contributed by atoms with E-state index in [1.807, 2.05) is 0 Å². The normalized spacial score (nSPS) is 36.7. The van der Waals surface area contributed by atoms with Gasteiger partial charge in [-0.1, -0.05) is 26.2 Å². The summed E-state index contributed by atoms with van der Waals surface area (Å²) in [6, 6.07) is 1.49. The molecule has 1 N–H and O–H groups in total. The fourth-order valence-electron chi connectivity index (χ4n) is 4.64. The molecule has 1 saturated carbocycles. The molecular formula is C18H34N2O. The molecule has 2 aliphatic heterocycles. The molecule has 0 aromatic carbocycles. The van der Waals surface area contributed by atoms with Crippen molar-refractivity contribution in [1.29, 1.82) is 0 Å². The standard InChI is InChI=1S/C18H34N2O/c1-2-17-11-19-18(16-8-4-3-5-9-16)13-20(17)12-15-7-6-10-21-14-15/h15-19H,2-14H2,1H3. The summed E-state index contributed by atoms with van der Waals surface area (Å²) in [5.41, 5.74) is 0. The summed E-state index contributed by atoms with van der Waals surface area (Å²) in [5.74, 6) is 1.71. The van der Waals surface area contributed by atoms with Gasteiger partial charge in [0.15, 0.2) is 0 Å². The molecule has 0 aromatic rings. The minimum absolute atomic E-state index is 0.742. The summed E-state index contributed by atoms with van der Waals surface area (Å²) in [6.45, 7) is 8.07. The fourth-order valence-corrected chi connectivity index (χ4v) is 4.64. The van der Waals surface area contributed by atoms with Crippen molar-refractivity contribution in [2.45, 2.75) is 70.4 Å². The van der Waals surface area contributed by atoms with Gasteiger partial charge in [-0.3, -0.25) is 4.90 Å². The van der Waals surface area contributed by atoms with E-state index in [0.717, 1.165) is 37.1 Å². The molecule has 0 aromatic heterocycles. The van der Waals surface area contributed by atoms with E-state index in [0.29, 0.717) is 0 Å². The largest absolute Gasteiger partial charge is 0.381 e. The van der Waals surface area contributed by atoms with Crippen molar-refractivity contribution in [1.82, 2.24) is 10.2 Å². The lowest BCUT2D eigenvalue weighted by atomic mass is 9.82. The van der Waals surface area contributed by atoms with Gasteiger partial charge in [0.05, 0.1) is 6.61 Å². The van der Waals surface area contributed by atoms with E-state index in [2.05, 4.69) is 17.1 Å². The third kappa shape index (κ3) is 4.20. The number of nitrogens with zero attached hydrogens (tertiary/aromatic N) is 1. The highest BCUT2D eigenvalue weighted by Gasteiger charge is 2.33. The van der Waals surface area contributed by atoms with Gasteiger partial charge in [0.2, 0.25) is 0 Å². The van der Waals surface area contributed by atoms with Crippen molar-refractivity contribution >= 4 is 0 Å². The third-order valence-electron chi connectivity index (χ3n) is 6.00. The van der Waals surface area contributed by atoms with E-state index in [-0.39, 0.29) is 0 Å². The molecule has 2 saturated heterocycles. The van der Waals surface area contributed by atoms with Crippen LogP contribution < -0.4 is 5.32 Å². The van der Waals surface area contributed by atoms with Gasteiger partial charge in [-0.05, 0) is 43.9 Å². The van der Waals surface area contributed by atoms with Crippen molar-refractivity contribution in [3.63, 3.8) is 0 Å². The number of hydrogen-bond acceptors (Lipinski definition) is 3. The van der Waals surface area contributed by atoms with E-state index in [9.17, 15) is 0 Å². The summed E-state index contributed by atoms with van der Waals surface area (Å²) in [5, 5.41) is 3.88. The van der Waals surface area contributed by atoms with Crippen LogP contribution >= 0.6 is 0 Å². The van der Waals surface area contributed by atoms with Crippen LogP contribution in [0.2, 0.25) is 0 Å². The van der Waals surface area contributed by atoms with Crippen molar-refractivity contribution in [2.24, 2.45) is 11.8 Å². The molecular weight excluding hydrogens is 260 g/mol. The summed E-state index contributed by atoms with van der Waals surface area (Å²) >= 11 is 0.